The molecule has 0 saturated heterocycles. The van der Waals surface area contributed by atoms with Gasteiger partial charge in [-0.1, -0.05) is 17.7 Å². The fraction of sp³-hybridized carbons (Fsp3) is 0.273. The Labute approximate surface area is 159 Å². The number of aryl methyl sites for hydroxylation is 3. The summed E-state index contributed by atoms with van der Waals surface area (Å²) in [5.74, 6) is 0.296. The molecule has 0 saturated carbocycles. The average Bonchev–Trinajstić information content (AvgIpc) is 2.62. The number of carbonyl (C=O) groups is 1. The summed E-state index contributed by atoms with van der Waals surface area (Å²) in [6.45, 7) is 8.15. The second-order valence-corrected chi connectivity index (χ2v) is 6.57. The highest BCUT2D eigenvalue weighted by atomic mass is 16.5. The third-order valence-electron chi connectivity index (χ3n) is 4.42. The molecule has 1 N–H and O–H groups in total. The van der Waals surface area contributed by atoms with Gasteiger partial charge in [-0.05, 0) is 57.0 Å². The van der Waals surface area contributed by atoms with Crippen LogP contribution in [0.2, 0.25) is 0 Å². The van der Waals surface area contributed by atoms with Crippen molar-refractivity contribution in [3.63, 3.8) is 0 Å². The average molecular weight is 364 g/mol. The van der Waals surface area contributed by atoms with E-state index in [0.29, 0.717) is 23.6 Å². The summed E-state index contributed by atoms with van der Waals surface area (Å²) < 4.78 is 10.7. The summed E-state index contributed by atoms with van der Waals surface area (Å²) in [4.78, 5) is 17.1. The Morgan fingerprint density at radius 1 is 1.11 bits per heavy atom. The predicted molar refractivity (Wildman–Crippen MR) is 108 cm³/mol. The zero-order chi connectivity index (χ0) is 19.6. The number of carbonyl (C=O) groups excluding carboxylic acids is 1. The van der Waals surface area contributed by atoms with Crippen molar-refractivity contribution in [2.75, 3.05) is 19.0 Å². The number of pyridine rings is 1. The zero-order valence-corrected chi connectivity index (χ0v) is 16.3. The quantitative estimate of drug-likeness (QED) is 0.639. The molecule has 27 heavy (non-hydrogen) atoms. The number of hydrogen-bond donors (Lipinski definition) is 1. The number of rotatable bonds is 5. The molecule has 1 heterocycles. The summed E-state index contributed by atoms with van der Waals surface area (Å²) in [6, 6.07) is 9.98. The molecule has 0 spiro atoms. The number of esters is 1. The van der Waals surface area contributed by atoms with Crippen molar-refractivity contribution in [1.82, 2.24) is 4.98 Å². The first-order valence-electron chi connectivity index (χ1n) is 8.93. The van der Waals surface area contributed by atoms with Gasteiger partial charge in [-0.25, -0.2) is 4.79 Å². The van der Waals surface area contributed by atoms with Crippen molar-refractivity contribution >= 4 is 28.2 Å². The summed E-state index contributed by atoms with van der Waals surface area (Å²) in [5, 5.41) is 4.28. The molecule has 0 amide bonds. The molecule has 3 rings (SSSR count). The fourth-order valence-corrected chi connectivity index (χ4v) is 3.21. The molecule has 0 aliphatic heterocycles. The molecule has 140 valence electrons. The predicted octanol–water partition coefficient (Wildman–Crippen LogP) is 5.09. The third-order valence-corrected chi connectivity index (χ3v) is 4.42. The Balaban J connectivity index is 2.26. The number of aromatic nitrogens is 1. The van der Waals surface area contributed by atoms with Crippen LogP contribution in [0.1, 0.15) is 34.0 Å². The number of fused-ring (bicyclic) bond motifs is 1. The van der Waals surface area contributed by atoms with Crippen LogP contribution in [0.15, 0.2) is 36.5 Å². The molecule has 0 atom stereocenters. The van der Waals surface area contributed by atoms with Crippen molar-refractivity contribution in [3.8, 4) is 5.75 Å². The van der Waals surface area contributed by atoms with E-state index in [1.165, 1.54) is 0 Å². The molecule has 0 unspecified atom stereocenters. The first-order valence-corrected chi connectivity index (χ1v) is 8.93. The number of nitrogens with one attached hydrogen (secondary N) is 1. The highest BCUT2D eigenvalue weighted by molar-refractivity contribution is 6.07. The minimum absolute atomic E-state index is 0.303. The third kappa shape index (κ3) is 3.72. The summed E-state index contributed by atoms with van der Waals surface area (Å²) in [7, 11) is 1.63. The number of hydrogen-bond acceptors (Lipinski definition) is 5. The fourth-order valence-electron chi connectivity index (χ4n) is 3.21. The molecular formula is C22H24N2O3. The van der Waals surface area contributed by atoms with Crippen LogP contribution in [0.5, 0.6) is 5.75 Å². The lowest BCUT2D eigenvalue weighted by Crippen LogP contribution is -2.10. The molecule has 0 fully saturated rings. The zero-order valence-electron chi connectivity index (χ0n) is 16.3. The van der Waals surface area contributed by atoms with Gasteiger partial charge in [0.1, 0.15) is 11.3 Å². The molecule has 2 aromatic carbocycles. The highest BCUT2D eigenvalue weighted by Crippen LogP contribution is 2.35. The maximum absolute atomic E-state index is 12.6. The number of methoxy groups -OCH3 is 1. The van der Waals surface area contributed by atoms with Crippen LogP contribution >= 0.6 is 0 Å². The number of nitrogens with zero attached hydrogens (tertiary/aromatic N) is 1. The second-order valence-electron chi connectivity index (χ2n) is 6.57. The van der Waals surface area contributed by atoms with E-state index in [1.807, 2.05) is 45.0 Å². The molecule has 5 nitrogen and oxygen atoms in total. The van der Waals surface area contributed by atoms with E-state index in [1.54, 1.807) is 20.2 Å². The van der Waals surface area contributed by atoms with Gasteiger partial charge in [-0.2, -0.15) is 0 Å². The number of ether oxygens (including phenoxy) is 2. The first-order chi connectivity index (χ1) is 12.9. The summed E-state index contributed by atoms with van der Waals surface area (Å²) in [6.07, 6.45) is 1.58. The van der Waals surface area contributed by atoms with Crippen LogP contribution < -0.4 is 10.1 Å². The van der Waals surface area contributed by atoms with Gasteiger partial charge in [-0.15, -0.1) is 0 Å². The van der Waals surface area contributed by atoms with Crippen LogP contribution in [0.25, 0.3) is 10.9 Å². The van der Waals surface area contributed by atoms with E-state index < -0.39 is 5.97 Å². The van der Waals surface area contributed by atoms with E-state index in [-0.39, 0.29) is 0 Å². The van der Waals surface area contributed by atoms with Crippen LogP contribution in [0.3, 0.4) is 0 Å². The van der Waals surface area contributed by atoms with E-state index in [2.05, 4.69) is 16.4 Å². The lowest BCUT2D eigenvalue weighted by atomic mass is 10.0. The van der Waals surface area contributed by atoms with Gasteiger partial charge in [0.25, 0.3) is 0 Å². The van der Waals surface area contributed by atoms with Gasteiger partial charge in [-0.3, -0.25) is 4.98 Å². The van der Waals surface area contributed by atoms with Crippen LogP contribution in [0, 0.1) is 20.8 Å². The SMILES string of the molecule is CCOC(=O)c1cnc2c(C)cc(C)cc2c1Nc1cc(C)ccc1OC. The van der Waals surface area contributed by atoms with Crippen LogP contribution in [-0.4, -0.2) is 24.7 Å². The minimum atomic E-state index is -0.403. The van der Waals surface area contributed by atoms with Gasteiger partial charge in [0, 0.05) is 11.6 Å². The van der Waals surface area contributed by atoms with Crippen molar-refractivity contribution in [2.24, 2.45) is 0 Å². The topological polar surface area (TPSA) is 60.5 Å². The molecule has 0 aliphatic rings. The van der Waals surface area contributed by atoms with Crippen LogP contribution in [0.4, 0.5) is 11.4 Å². The largest absolute Gasteiger partial charge is 0.495 e. The Bertz CT molecular complexity index is 1010. The van der Waals surface area contributed by atoms with Crippen LogP contribution in [-0.2, 0) is 4.74 Å². The molecule has 0 bridgehead atoms. The second kappa shape index (κ2) is 7.66. The van der Waals surface area contributed by atoms with Crippen molar-refractivity contribution in [3.05, 3.63) is 58.8 Å². The van der Waals surface area contributed by atoms with Gasteiger partial charge in [0.15, 0.2) is 0 Å². The molecule has 0 aliphatic carbocycles. The van der Waals surface area contributed by atoms with E-state index in [0.717, 1.165) is 33.3 Å². The van der Waals surface area contributed by atoms with Gasteiger partial charge >= 0.3 is 5.97 Å². The van der Waals surface area contributed by atoms with Gasteiger partial charge < -0.3 is 14.8 Å². The first kappa shape index (κ1) is 18.7. The molecule has 3 aromatic rings. The summed E-state index contributed by atoms with van der Waals surface area (Å²) in [5.41, 5.74) is 5.95. The Kier molecular flexibility index (Phi) is 5.31. The minimum Gasteiger partial charge on any atom is -0.495 e. The summed E-state index contributed by atoms with van der Waals surface area (Å²) >= 11 is 0. The Morgan fingerprint density at radius 3 is 2.59 bits per heavy atom. The maximum atomic E-state index is 12.6. The van der Waals surface area contributed by atoms with Crippen molar-refractivity contribution < 1.29 is 14.3 Å². The van der Waals surface area contributed by atoms with Gasteiger partial charge in [0.2, 0.25) is 0 Å². The van der Waals surface area contributed by atoms with E-state index in [9.17, 15) is 4.79 Å². The molecule has 5 heteroatoms. The number of benzene rings is 2. The standard InChI is InChI=1S/C22H24N2O3/c1-6-27-22(25)17-12-23-20-15(4)9-14(3)10-16(20)21(17)24-18-11-13(2)7-8-19(18)26-5/h7-12H,6H2,1-5H3,(H,23,24). The molecular weight excluding hydrogens is 340 g/mol. The Morgan fingerprint density at radius 2 is 1.89 bits per heavy atom. The normalized spacial score (nSPS) is 10.7. The van der Waals surface area contributed by atoms with E-state index in [4.69, 9.17) is 9.47 Å². The monoisotopic (exact) mass is 364 g/mol. The molecule has 1 aromatic heterocycles. The number of anilines is 2. The molecule has 0 radical (unpaired) electrons. The Hall–Kier alpha value is -3.08. The smallest absolute Gasteiger partial charge is 0.341 e. The lowest BCUT2D eigenvalue weighted by molar-refractivity contribution is 0.0527. The van der Waals surface area contributed by atoms with Gasteiger partial charge in [0.05, 0.1) is 30.6 Å². The van der Waals surface area contributed by atoms with Crippen molar-refractivity contribution in [2.45, 2.75) is 27.7 Å². The van der Waals surface area contributed by atoms with E-state index >= 15 is 0 Å². The highest BCUT2D eigenvalue weighted by Gasteiger charge is 2.19. The lowest BCUT2D eigenvalue weighted by Gasteiger charge is -2.17. The van der Waals surface area contributed by atoms with Crippen molar-refractivity contribution in [1.29, 1.82) is 0 Å². The maximum Gasteiger partial charge on any atom is 0.341 e.